The minimum Gasteiger partial charge on any atom is -0.495 e. The van der Waals surface area contributed by atoms with Crippen molar-refractivity contribution in [2.75, 3.05) is 7.11 Å². The van der Waals surface area contributed by atoms with E-state index in [0.717, 1.165) is 10.0 Å². The van der Waals surface area contributed by atoms with Crippen LogP contribution < -0.4 is 4.74 Å². The number of nitrogens with zero attached hydrogens (tertiary/aromatic N) is 1. The molecule has 1 N–H and O–H groups in total. The molecule has 1 heterocycles. The van der Waals surface area contributed by atoms with Crippen LogP contribution >= 0.6 is 15.9 Å². The predicted molar refractivity (Wildman–Crippen MR) is 53.9 cm³/mol. The van der Waals surface area contributed by atoms with Gasteiger partial charge >= 0.3 is 0 Å². The molecule has 0 aliphatic rings. The van der Waals surface area contributed by atoms with Crippen LogP contribution in [-0.2, 0) is 6.42 Å². The summed E-state index contributed by atoms with van der Waals surface area (Å²) in [6, 6.07) is 0. The molecule has 72 valence electrons. The topological polar surface area (TPSA) is 42.4 Å². The molecule has 13 heavy (non-hydrogen) atoms. The molecular formula is C9H12BrNO2. The Hall–Kier alpha value is -0.610. The quantitative estimate of drug-likeness (QED) is 0.883. The summed E-state index contributed by atoms with van der Waals surface area (Å²) in [4.78, 5) is 3.97. The first-order valence-corrected chi connectivity index (χ1v) is 4.79. The molecule has 3 nitrogen and oxygen atoms in total. The minimum atomic E-state index is -0.382. The van der Waals surface area contributed by atoms with Gasteiger partial charge in [0.25, 0.3) is 0 Å². The summed E-state index contributed by atoms with van der Waals surface area (Å²) in [6.45, 7) is 1.74. The molecule has 4 heteroatoms. The van der Waals surface area contributed by atoms with Crippen LogP contribution in [0, 0.1) is 0 Å². The third kappa shape index (κ3) is 2.67. The Balaban J connectivity index is 3.00. The molecule has 0 aliphatic heterocycles. The number of methoxy groups -OCH3 is 1. The summed E-state index contributed by atoms with van der Waals surface area (Å²) in [5.74, 6) is 0.704. The van der Waals surface area contributed by atoms with Crippen LogP contribution in [0.15, 0.2) is 16.9 Å². The molecule has 0 bridgehead atoms. The zero-order valence-corrected chi connectivity index (χ0v) is 9.21. The molecule has 0 saturated carbocycles. The van der Waals surface area contributed by atoms with Gasteiger partial charge in [-0.05, 0) is 22.9 Å². The highest BCUT2D eigenvalue weighted by Crippen LogP contribution is 2.26. The van der Waals surface area contributed by atoms with Gasteiger partial charge in [0.15, 0.2) is 0 Å². The monoisotopic (exact) mass is 245 g/mol. The average molecular weight is 246 g/mol. The van der Waals surface area contributed by atoms with E-state index in [9.17, 15) is 5.11 Å². The number of ether oxygens (including phenoxy) is 1. The van der Waals surface area contributed by atoms with Gasteiger partial charge < -0.3 is 9.84 Å². The van der Waals surface area contributed by atoms with Crippen LogP contribution in [0.2, 0.25) is 0 Å². The van der Waals surface area contributed by atoms with Crippen molar-refractivity contribution < 1.29 is 9.84 Å². The molecule has 0 spiro atoms. The number of aromatic nitrogens is 1. The zero-order chi connectivity index (χ0) is 9.84. The molecule has 0 aliphatic carbocycles. The molecule has 1 aromatic rings. The van der Waals surface area contributed by atoms with Crippen molar-refractivity contribution >= 4 is 15.9 Å². The lowest BCUT2D eigenvalue weighted by Crippen LogP contribution is -2.06. The van der Waals surface area contributed by atoms with Crippen LogP contribution in [0.5, 0.6) is 5.75 Å². The van der Waals surface area contributed by atoms with Crippen molar-refractivity contribution in [3.05, 3.63) is 22.4 Å². The lowest BCUT2D eigenvalue weighted by molar-refractivity contribution is 0.194. The second-order valence-electron chi connectivity index (χ2n) is 2.86. The Morgan fingerprint density at radius 3 is 2.85 bits per heavy atom. The first kappa shape index (κ1) is 10.5. The maximum Gasteiger partial charge on any atom is 0.141 e. The van der Waals surface area contributed by atoms with E-state index in [-0.39, 0.29) is 6.10 Å². The SMILES string of the molecule is COc1cncc(Br)c1C[C@@H](C)O. The smallest absolute Gasteiger partial charge is 0.141 e. The van der Waals surface area contributed by atoms with Gasteiger partial charge in [-0.15, -0.1) is 0 Å². The summed E-state index contributed by atoms with van der Waals surface area (Å²) < 4.78 is 5.99. The first-order chi connectivity index (χ1) is 6.15. The molecule has 1 rings (SSSR count). The maximum atomic E-state index is 9.25. The van der Waals surface area contributed by atoms with Gasteiger partial charge in [-0.25, -0.2) is 0 Å². The summed E-state index contributed by atoms with van der Waals surface area (Å²) in [6.07, 6.45) is 3.52. The third-order valence-corrected chi connectivity index (χ3v) is 2.37. The molecule has 0 unspecified atom stereocenters. The Labute approximate surface area is 85.9 Å². The lowest BCUT2D eigenvalue weighted by atomic mass is 10.1. The Morgan fingerprint density at radius 2 is 2.31 bits per heavy atom. The van der Waals surface area contributed by atoms with Crippen molar-refractivity contribution in [1.82, 2.24) is 4.98 Å². The van der Waals surface area contributed by atoms with Crippen LogP contribution in [0.25, 0.3) is 0 Å². The average Bonchev–Trinajstić information content (AvgIpc) is 2.08. The van der Waals surface area contributed by atoms with Crippen molar-refractivity contribution in [2.45, 2.75) is 19.4 Å². The number of hydrogen-bond donors (Lipinski definition) is 1. The van der Waals surface area contributed by atoms with E-state index in [1.165, 1.54) is 0 Å². The fourth-order valence-electron chi connectivity index (χ4n) is 1.11. The minimum absolute atomic E-state index is 0.382. The Bertz CT molecular complexity index is 289. The maximum absolute atomic E-state index is 9.25. The number of hydrogen-bond acceptors (Lipinski definition) is 3. The molecular weight excluding hydrogens is 234 g/mol. The van der Waals surface area contributed by atoms with Gasteiger partial charge in [0, 0.05) is 22.7 Å². The van der Waals surface area contributed by atoms with Crippen LogP contribution in [0.4, 0.5) is 0 Å². The van der Waals surface area contributed by atoms with Gasteiger partial charge in [0.05, 0.1) is 19.4 Å². The van der Waals surface area contributed by atoms with E-state index in [1.807, 2.05) is 0 Å². The Morgan fingerprint density at radius 1 is 1.62 bits per heavy atom. The van der Waals surface area contributed by atoms with E-state index >= 15 is 0 Å². The second-order valence-corrected chi connectivity index (χ2v) is 3.71. The van der Waals surface area contributed by atoms with Gasteiger partial charge in [-0.1, -0.05) is 0 Å². The normalized spacial score (nSPS) is 12.6. The molecule has 0 amide bonds. The highest BCUT2D eigenvalue weighted by molar-refractivity contribution is 9.10. The molecule has 0 aromatic carbocycles. The third-order valence-electron chi connectivity index (χ3n) is 1.68. The van der Waals surface area contributed by atoms with E-state index in [1.54, 1.807) is 26.4 Å². The summed E-state index contributed by atoms with van der Waals surface area (Å²) in [5.41, 5.74) is 0.951. The lowest BCUT2D eigenvalue weighted by Gasteiger charge is -2.10. The van der Waals surface area contributed by atoms with Crippen LogP contribution in [0.3, 0.4) is 0 Å². The Kier molecular flexibility index (Phi) is 3.69. The van der Waals surface area contributed by atoms with E-state index in [2.05, 4.69) is 20.9 Å². The number of pyridine rings is 1. The van der Waals surface area contributed by atoms with Crippen molar-refractivity contribution in [3.8, 4) is 5.75 Å². The summed E-state index contributed by atoms with van der Waals surface area (Å²) in [7, 11) is 1.59. The van der Waals surface area contributed by atoms with Crippen molar-refractivity contribution in [3.63, 3.8) is 0 Å². The van der Waals surface area contributed by atoms with Gasteiger partial charge in [0.1, 0.15) is 5.75 Å². The largest absolute Gasteiger partial charge is 0.495 e. The highest BCUT2D eigenvalue weighted by Gasteiger charge is 2.09. The summed E-state index contributed by atoms with van der Waals surface area (Å²) >= 11 is 3.36. The second kappa shape index (κ2) is 4.58. The molecule has 1 aromatic heterocycles. The van der Waals surface area contributed by atoms with Crippen molar-refractivity contribution in [1.29, 1.82) is 0 Å². The molecule has 0 radical (unpaired) electrons. The fourth-order valence-corrected chi connectivity index (χ4v) is 1.59. The number of rotatable bonds is 3. The van der Waals surface area contributed by atoms with E-state index < -0.39 is 0 Å². The molecule has 1 atom stereocenters. The van der Waals surface area contributed by atoms with Crippen LogP contribution in [0.1, 0.15) is 12.5 Å². The van der Waals surface area contributed by atoms with E-state index in [4.69, 9.17) is 4.74 Å². The van der Waals surface area contributed by atoms with Gasteiger partial charge in [0.2, 0.25) is 0 Å². The molecule has 0 saturated heterocycles. The number of aliphatic hydroxyl groups is 1. The van der Waals surface area contributed by atoms with Gasteiger partial charge in [-0.3, -0.25) is 4.98 Å². The number of halogens is 1. The predicted octanol–water partition coefficient (Wildman–Crippen LogP) is 1.78. The summed E-state index contributed by atoms with van der Waals surface area (Å²) in [5, 5.41) is 9.25. The standard InChI is InChI=1S/C9H12BrNO2/c1-6(12)3-7-8(10)4-11-5-9(7)13-2/h4-6,12H,3H2,1-2H3/t6-/m1/s1. The first-order valence-electron chi connectivity index (χ1n) is 3.99. The number of aliphatic hydroxyl groups excluding tert-OH is 1. The van der Waals surface area contributed by atoms with Crippen molar-refractivity contribution in [2.24, 2.45) is 0 Å². The fraction of sp³-hybridized carbons (Fsp3) is 0.444. The van der Waals surface area contributed by atoms with Crippen LogP contribution in [-0.4, -0.2) is 23.3 Å². The van der Waals surface area contributed by atoms with Gasteiger partial charge in [-0.2, -0.15) is 0 Å². The van der Waals surface area contributed by atoms with E-state index in [0.29, 0.717) is 12.2 Å². The molecule has 0 fully saturated rings. The zero-order valence-electron chi connectivity index (χ0n) is 7.62. The highest BCUT2D eigenvalue weighted by atomic mass is 79.9.